The molecule has 1 heterocycles. The van der Waals surface area contributed by atoms with Gasteiger partial charge < -0.3 is 9.47 Å². The second-order valence-corrected chi connectivity index (χ2v) is 5.96. The van der Waals surface area contributed by atoms with Crippen LogP contribution in [0.3, 0.4) is 0 Å². The topological polar surface area (TPSA) is 74.5 Å². The molecule has 0 saturated carbocycles. The number of nitrogens with zero attached hydrogens (tertiary/aromatic N) is 2. The molecule has 8 heteroatoms. The number of non-ortho nitro benzene ring substituents is 1. The Labute approximate surface area is 146 Å². The first kappa shape index (κ1) is 16.8. The van der Waals surface area contributed by atoms with E-state index < -0.39 is 4.92 Å². The SMILES string of the molecule is O=[N+]([O-])c1cccc(OCc2csc(COc3ccc(F)cc3)n2)c1. The van der Waals surface area contributed by atoms with E-state index in [0.717, 1.165) is 5.01 Å². The van der Waals surface area contributed by atoms with Gasteiger partial charge in [-0.1, -0.05) is 6.07 Å². The van der Waals surface area contributed by atoms with Gasteiger partial charge in [0.15, 0.2) is 0 Å². The summed E-state index contributed by atoms with van der Waals surface area (Å²) in [6.45, 7) is 0.474. The van der Waals surface area contributed by atoms with Crippen molar-refractivity contribution < 1.29 is 18.8 Å². The number of thiazole rings is 1. The molecule has 0 N–H and O–H groups in total. The van der Waals surface area contributed by atoms with Gasteiger partial charge >= 0.3 is 0 Å². The Morgan fingerprint density at radius 1 is 1.08 bits per heavy atom. The molecule has 1 aromatic heterocycles. The largest absolute Gasteiger partial charge is 0.487 e. The summed E-state index contributed by atoms with van der Waals surface area (Å²) in [5.41, 5.74) is 0.679. The van der Waals surface area contributed by atoms with E-state index in [1.165, 1.54) is 35.6 Å². The number of nitro groups is 1. The molecular weight excluding hydrogens is 347 g/mol. The summed E-state index contributed by atoms with van der Waals surface area (Å²) in [6.07, 6.45) is 0. The molecule has 0 spiro atoms. The van der Waals surface area contributed by atoms with Gasteiger partial charge in [0.25, 0.3) is 5.69 Å². The number of nitro benzene ring substituents is 1. The fourth-order valence-corrected chi connectivity index (χ4v) is 2.69. The summed E-state index contributed by atoms with van der Waals surface area (Å²) in [4.78, 5) is 14.6. The highest BCUT2D eigenvalue weighted by Gasteiger charge is 2.08. The Balaban J connectivity index is 1.54. The van der Waals surface area contributed by atoms with Crippen molar-refractivity contribution in [2.45, 2.75) is 13.2 Å². The Morgan fingerprint density at radius 2 is 1.84 bits per heavy atom. The van der Waals surface area contributed by atoms with Crippen LogP contribution in [-0.4, -0.2) is 9.91 Å². The molecule has 128 valence electrons. The predicted molar refractivity (Wildman–Crippen MR) is 90.3 cm³/mol. The number of hydrogen-bond donors (Lipinski definition) is 0. The van der Waals surface area contributed by atoms with Crippen LogP contribution in [0.1, 0.15) is 10.7 Å². The Kier molecular flexibility index (Phi) is 5.20. The van der Waals surface area contributed by atoms with E-state index in [9.17, 15) is 14.5 Å². The third-order valence-corrected chi connectivity index (χ3v) is 4.06. The first-order valence-electron chi connectivity index (χ1n) is 7.29. The van der Waals surface area contributed by atoms with E-state index in [0.29, 0.717) is 17.2 Å². The third-order valence-electron chi connectivity index (χ3n) is 3.19. The van der Waals surface area contributed by atoms with Crippen molar-refractivity contribution in [1.29, 1.82) is 0 Å². The second kappa shape index (κ2) is 7.71. The van der Waals surface area contributed by atoms with E-state index in [2.05, 4.69) is 4.98 Å². The van der Waals surface area contributed by atoms with E-state index in [4.69, 9.17) is 9.47 Å². The average molecular weight is 360 g/mol. The van der Waals surface area contributed by atoms with Gasteiger partial charge in [0.2, 0.25) is 0 Å². The predicted octanol–water partition coefficient (Wildman–Crippen LogP) is 4.35. The lowest BCUT2D eigenvalue weighted by Crippen LogP contribution is -1.99. The second-order valence-electron chi connectivity index (χ2n) is 5.02. The zero-order valence-corrected chi connectivity index (χ0v) is 13.7. The van der Waals surface area contributed by atoms with Crippen LogP contribution in [0.25, 0.3) is 0 Å². The summed E-state index contributed by atoms with van der Waals surface area (Å²) in [7, 11) is 0. The molecule has 2 aromatic carbocycles. The van der Waals surface area contributed by atoms with Crippen LogP contribution in [0.15, 0.2) is 53.9 Å². The van der Waals surface area contributed by atoms with Crippen LogP contribution in [0.5, 0.6) is 11.5 Å². The molecule has 0 amide bonds. The maximum Gasteiger partial charge on any atom is 0.273 e. The zero-order valence-electron chi connectivity index (χ0n) is 12.9. The normalized spacial score (nSPS) is 10.4. The highest BCUT2D eigenvalue weighted by molar-refractivity contribution is 7.09. The van der Waals surface area contributed by atoms with E-state index >= 15 is 0 Å². The minimum atomic E-state index is -0.472. The molecule has 0 aliphatic carbocycles. The lowest BCUT2D eigenvalue weighted by Gasteiger charge is -2.04. The van der Waals surface area contributed by atoms with Gasteiger partial charge in [0.1, 0.15) is 35.5 Å². The first-order valence-corrected chi connectivity index (χ1v) is 8.17. The van der Waals surface area contributed by atoms with E-state index in [1.54, 1.807) is 24.3 Å². The van der Waals surface area contributed by atoms with Crippen LogP contribution < -0.4 is 9.47 Å². The highest BCUT2D eigenvalue weighted by atomic mass is 32.1. The molecule has 0 saturated heterocycles. The lowest BCUT2D eigenvalue weighted by atomic mass is 10.3. The van der Waals surface area contributed by atoms with Crippen LogP contribution in [-0.2, 0) is 13.2 Å². The molecule has 0 unspecified atom stereocenters. The molecule has 0 bridgehead atoms. The van der Waals surface area contributed by atoms with Crippen molar-refractivity contribution in [2.24, 2.45) is 0 Å². The van der Waals surface area contributed by atoms with Crippen molar-refractivity contribution in [2.75, 3.05) is 0 Å². The molecule has 0 fully saturated rings. The summed E-state index contributed by atoms with van der Waals surface area (Å²) in [5.74, 6) is 0.652. The molecule has 6 nitrogen and oxygen atoms in total. The van der Waals surface area contributed by atoms with Crippen molar-refractivity contribution in [3.63, 3.8) is 0 Å². The Bertz CT molecular complexity index is 867. The summed E-state index contributed by atoms with van der Waals surface area (Å²) >= 11 is 1.42. The Hall–Kier alpha value is -3.00. The molecule has 0 aliphatic rings. The van der Waals surface area contributed by atoms with Crippen molar-refractivity contribution in [1.82, 2.24) is 4.98 Å². The van der Waals surface area contributed by atoms with Gasteiger partial charge in [-0.05, 0) is 30.3 Å². The van der Waals surface area contributed by atoms with Crippen molar-refractivity contribution in [3.8, 4) is 11.5 Å². The van der Waals surface area contributed by atoms with Crippen LogP contribution in [0, 0.1) is 15.9 Å². The minimum Gasteiger partial charge on any atom is -0.487 e. The number of hydrogen-bond acceptors (Lipinski definition) is 6. The molecule has 0 radical (unpaired) electrons. The maximum absolute atomic E-state index is 12.8. The van der Waals surface area contributed by atoms with Crippen LogP contribution >= 0.6 is 11.3 Å². The fourth-order valence-electron chi connectivity index (χ4n) is 2.00. The molecule has 3 rings (SSSR count). The van der Waals surface area contributed by atoms with Crippen LogP contribution in [0.4, 0.5) is 10.1 Å². The van der Waals surface area contributed by atoms with E-state index in [-0.39, 0.29) is 24.7 Å². The third kappa shape index (κ3) is 4.74. The number of ether oxygens (including phenoxy) is 2. The number of rotatable bonds is 7. The Morgan fingerprint density at radius 3 is 2.60 bits per heavy atom. The van der Waals surface area contributed by atoms with Gasteiger partial charge in [-0.3, -0.25) is 10.1 Å². The van der Waals surface area contributed by atoms with Gasteiger partial charge in [0.05, 0.1) is 16.7 Å². The van der Waals surface area contributed by atoms with Crippen molar-refractivity contribution >= 4 is 17.0 Å². The molecule has 25 heavy (non-hydrogen) atoms. The van der Waals surface area contributed by atoms with Gasteiger partial charge in [-0.25, -0.2) is 9.37 Å². The molecule has 0 atom stereocenters. The lowest BCUT2D eigenvalue weighted by molar-refractivity contribution is -0.384. The first-order chi connectivity index (χ1) is 12.1. The number of halogens is 1. The maximum atomic E-state index is 12.8. The summed E-state index contributed by atoms with van der Waals surface area (Å²) in [5, 5.41) is 13.3. The smallest absolute Gasteiger partial charge is 0.273 e. The quantitative estimate of drug-likeness (QED) is 0.463. The van der Waals surface area contributed by atoms with Gasteiger partial charge in [0, 0.05) is 11.4 Å². The average Bonchev–Trinajstić information content (AvgIpc) is 3.08. The minimum absolute atomic E-state index is 0.0239. The van der Waals surface area contributed by atoms with Gasteiger partial charge in [-0.15, -0.1) is 11.3 Å². The highest BCUT2D eigenvalue weighted by Crippen LogP contribution is 2.21. The number of benzene rings is 2. The standard InChI is InChI=1S/C17H13FN2O4S/c18-12-4-6-15(7-5-12)24-10-17-19-13(11-25-17)9-23-16-3-1-2-14(8-16)20(21)22/h1-8,11H,9-10H2. The molecular formula is C17H13FN2O4S. The molecule has 0 aliphatic heterocycles. The van der Waals surface area contributed by atoms with Gasteiger partial charge in [-0.2, -0.15) is 0 Å². The summed E-state index contributed by atoms with van der Waals surface area (Å²) < 4.78 is 23.9. The summed E-state index contributed by atoms with van der Waals surface area (Å²) in [6, 6.07) is 11.7. The number of aromatic nitrogens is 1. The monoisotopic (exact) mass is 360 g/mol. The zero-order chi connectivity index (χ0) is 17.6. The molecule has 3 aromatic rings. The fraction of sp³-hybridized carbons (Fsp3) is 0.118. The van der Waals surface area contributed by atoms with Crippen molar-refractivity contribution in [3.05, 3.63) is 80.5 Å². The van der Waals surface area contributed by atoms with Crippen LogP contribution in [0.2, 0.25) is 0 Å². The van der Waals surface area contributed by atoms with E-state index in [1.807, 2.05) is 5.38 Å².